The van der Waals surface area contributed by atoms with Gasteiger partial charge in [-0.3, -0.25) is 0 Å². The monoisotopic (exact) mass is 463 g/mol. The zero-order chi connectivity index (χ0) is 24.0. The molecule has 0 amide bonds. The molecule has 0 aliphatic rings. The Bertz CT molecular complexity index is 1480. The van der Waals surface area contributed by atoms with E-state index in [-0.39, 0.29) is 5.41 Å². The molecule has 0 spiro atoms. The van der Waals surface area contributed by atoms with Crippen LogP contribution in [0.25, 0.3) is 43.4 Å². The van der Waals surface area contributed by atoms with Crippen LogP contribution in [0.3, 0.4) is 0 Å². The van der Waals surface area contributed by atoms with Crippen LogP contribution in [-0.4, -0.2) is 4.98 Å². The molecule has 0 aliphatic heterocycles. The summed E-state index contributed by atoms with van der Waals surface area (Å²) in [7, 11) is 0. The Morgan fingerprint density at radius 2 is 1.62 bits per heavy atom. The average molecular weight is 464 g/mol. The second kappa shape index (κ2) is 8.67. The normalized spacial score (nSPS) is 12.2. The Balaban J connectivity index is 1.71. The molecule has 34 heavy (non-hydrogen) atoms. The highest BCUT2D eigenvalue weighted by molar-refractivity contribution is 7.17. The van der Waals surface area contributed by atoms with E-state index in [0.717, 1.165) is 16.9 Å². The summed E-state index contributed by atoms with van der Waals surface area (Å²) in [6.07, 6.45) is 1.11. The number of rotatable bonds is 4. The summed E-state index contributed by atoms with van der Waals surface area (Å²) in [5, 5.41) is 6.11. The fourth-order valence-electron chi connectivity index (χ4n) is 4.94. The van der Waals surface area contributed by atoms with Gasteiger partial charge in [-0.1, -0.05) is 83.1 Å². The molecule has 3 aromatic carbocycles. The molecule has 0 saturated carbocycles. The third kappa shape index (κ3) is 4.28. The van der Waals surface area contributed by atoms with Crippen molar-refractivity contribution in [3.63, 3.8) is 0 Å². The van der Waals surface area contributed by atoms with Gasteiger partial charge in [0.25, 0.3) is 0 Å². The molecule has 0 atom stereocenters. The Labute approximate surface area is 207 Å². The average Bonchev–Trinajstić information content (AvgIpc) is 3.18. The highest BCUT2D eigenvalue weighted by Gasteiger charge is 2.20. The van der Waals surface area contributed by atoms with E-state index in [1.54, 1.807) is 11.3 Å². The number of hydrogen-bond acceptors (Lipinski definition) is 2. The summed E-state index contributed by atoms with van der Waals surface area (Å²) < 4.78 is 0. The summed E-state index contributed by atoms with van der Waals surface area (Å²) in [4.78, 5) is 6.27. The lowest BCUT2D eigenvalue weighted by Gasteiger charge is -2.23. The van der Waals surface area contributed by atoms with E-state index >= 15 is 0 Å². The van der Waals surface area contributed by atoms with E-state index < -0.39 is 0 Å². The first-order valence-corrected chi connectivity index (χ1v) is 13.1. The lowest BCUT2D eigenvalue weighted by atomic mass is 9.82. The number of hydrogen-bond donors (Lipinski definition) is 0. The zero-order valence-corrected chi connectivity index (χ0v) is 21.9. The fraction of sp³-hybridized carbons (Fsp3) is 0.281. The first kappa shape index (κ1) is 22.8. The molecule has 1 nitrogen and oxygen atoms in total. The van der Waals surface area contributed by atoms with E-state index in [1.807, 2.05) is 0 Å². The molecular weight excluding hydrogens is 430 g/mol. The molecule has 5 rings (SSSR count). The summed E-state index contributed by atoms with van der Waals surface area (Å²) in [6.45, 7) is 13.6. The van der Waals surface area contributed by atoms with Crippen LogP contribution in [-0.2, 0) is 11.8 Å². The van der Waals surface area contributed by atoms with Gasteiger partial charge in [-0.05, 0) is 86.8 Å². The molecule has 2 heteroatoms. The van der Waals surface area contributed by atoms with Crippen molar-refractivity contribution >= 4 is 32.3 Å². The Morgan fingerprint density at radius 3 is 2.32 bits per heavy atom. The van der Waals surface area contributed by atoms with Crippen LogP contribution in [0.15, 0.2) is 72.1 Å². The highest BCUT2D eigenvalue weighted by Crippen LogP contribution is 2.39. The summed E-state index contributed by atoms with van der Waals surface area (Å²) >= 11 is 1.75. The third-order valence-electron chi connectivity index (χ3n) is 6.60. The Morgan fingerprint density at radius 1 is 0.882 bits per heavy atom. The van der Waals surface area contributed by atoms with E-state index in [0.29, 0.717) is 5.92 Å². The molecule has 0 unspecified atom stereocenters. The van der Waals surface area contributed by atoms with Crippen LogP contribution in [0.5, 0.6) is 0 Å². The van der Waals surface area contributed by atoms with Gasteiger partial charge < -0.3 is 0 Å². The maximum absolute atomic E-state index is 5.16. The number of aromatic nitrogens is 1. The van der Waals surface area contributed by atoms with Gasteiger partial charge >= 0.3 is 0 Å². The van der Waals surface area contributed by atoms with Crippen molar-refractivity contribution < 1.29 is 0 Å². The largest absolute Gasteiger partial charge is 0.237 e. The number of nitrogens with zero attached hydrogens (tertiary/aromatic N) is 1. The molecule has 172 valence electrons. The predicted octanol–water partition coefficient (Wildman–Crippen LogP) is 9.59. The van der Waals surface area contributed by atoms with E-state index in [4.69, 9.17) is 4.98 Å². The molecule has 5 aromatic rings. The number of pyridine rings is 1. The Kier molecular flexibility index (Phi) is 5.81. The standard InChI is InChI=1S/C32H33NS/c1-20(2)15-22-11-13-23(14-12-22)27-18-29(33-31-30(27)21(3)19-34-31)25-16-24-9-7-8-10-26(24)28(17-25)32(4,5)6/h7-14,16-20H,15H2,1-6H3. The van der Waals surface area contributed by atoms with Crippen molar-refractivity contribution in [2.75, 3.05) is 0 Å². The number of thiophene rings is 1. The first-order valence-electron chi connectivity index (χ1n) is 12.2. The van der Waals surface area contributed by atoms with Gasteiger partial charge in [0.2, 0.25) is 0 Å². The molecule has 0 fully saturated rings. The van der Waals surface area contributed by atoms with Crippen molar-refractivity contribution in [3.05, 3.63) is 88.8 Å². The van der Waals surface area contributed by atoms with Gasteiger partial charge in [0.15, 0.2) is 0 Å². The number of aryl methyl sites for hydroxylation is 1. The second-order valence-electron chi connectivity index (χ2n) is 10.9. The third-order valence-corrected chi connectivity index (χ3v) is 7.59. The molecule has 2 aromatic heterocycles. The van der Waals surface area contributed by atoms with Crippen LogP contribution in [0.1, 0.15) is 51.3 Å². The fourth-order valence-corrected chi connectivity index (χ4v) is 5.88. The molecule has 0 aliphatic carbocycles. The van der Waals surface area contributed by atoms with Gasteiger partial charge in [0, 0.05) is 10.9 Å². The Hall–Kier alpha value is -2.97. The highest BCUT2D eigenvalue weighted by atomic mass is 32.1. The summed E-state index contributed by atoms with van der Waals surface area (Å²) in [5.41, 5.74) is 8.89. The van der Waals surface area contributed by atoms with E-state index in [1.165, 1.54) is 49.5 Å². The molecular formula is C32H33NS. The maximum Gasteiger partial charge on any atom is 0.124 e. The minimum absolute atomic E-state index is 0.0499. The quantitative estimate of drug-likeness (QED) is 0.258. The number of benzene rings is 3. The molecule has 0 N–H and O–H groups in total. The summed E-state index contributed by atoms with van der Waals surface area (Å²) in [6, 6.07) is 24.8. The maximum atomic E-state index is 5.16. The number of fused-ring (bicyclic) bond motifs is 2. The molecule has 0 saturated heterocycles. The van der Waals surface area contributed by atoms with Crippen LogP contribution in [0.2, 0.25) is 0 Å². The topological polar surface area (TPSA) is 12.9 Å². The van der Waals surface area contributed by atoms with Crippen molar-refractivity contribution in [2.45, 2.75) is 53.4 Å². The van der Waals surface area contributed by atoms with Gasteiger partial charge in [-0.15, -0.1) is 11.3 Å². The van der Waals surface area contributed by atoms with Crippen molar-refractivity contribution in [1.29, 1.82) is 0 Å². The molecule has 2 heterocycles. The van der Waals surface area contributed by atoms with Crippen molar-refractivity contribution in [2.24, 2.45) is 5.92 Å². The van der Waals surface area contributed by atoms with Gasteiger partial charge in [-0.25, -0.2) is 4.98 Å². The minimum atomic E-state index is 0.0499. The van der Waals surface area contributed by atoms with Gasteiger partial charge in [-0.2, -0.15) is 0 Å². The van der Waals surface area contributed by atoms with Crippen LogP contribution < -0.4 is 0 Å². The molecule has 0 bridgehead atoms. The van der Waals surface area contributed by atoms with Crippen LogP contribution >= 0.6 is 11.3 Å². The van der Waals surface area contributed by atoms with E-state index in [2.05, 4.69) is 114 Å². The van der Waals surface area contributed by atoms with Crippen molar-refractivity contribution in [1.82, 2.24) is 4.98 Å². The van der Waals surface area contributed by atoms with Crippen LogP contribution in [0, 0.1) is 12.8 Å². The van der Waals surface area contributed by atoms with Gasteiger partial charge in [0.1, 0.15) is 4.83 Å². The second-order valence-corrected chi connectivity index (χ2v) is 11.8. The predicted molar refractivity (Wildman–Crippen MR) is 150 cm³/mol. The smallest absolute Gasteiger partial charge is 0.124 e. The van der Waals surface area contributed by atoms with Gasteiger partial charge in [0.05, 0.1) is 5.69 Å². The zero-order valence-electron chi connectivity index (χ0n) is 21.1. The SMILES string of the molecule is Cc1csc2nc(-c3cc(C(C)(C)C)c4ccccc4c3)cc(-c3ccc(CC(C)C)cc3)c12. The van der Waals surface area contributed by atoms with Crippen LogP contribution in [0.4, 0.5) is 0 Å². The first-order chi connectivity index (χ1) is 16.2. The lowest BCUT2D eigenvalue weighted by molar-refractivity contribution is 0.596. The summed E-state index contributed by atoms with van der Waals surface area (Å²) in [5.74, 6) is 0.661. The molecule has 0 radical (unpaired) electrons. The van der Waals surface area contributed by atoms with Crippen molar-refractivity contribution in [3.8, 4) is 22.4 Å². The lowest BCUT2D eigenvalue weighted by Crippen LogP contribution is -2.12. The minimum Gasteiger partial charge on any atom is -0.237 e. The van der Waals surface area contributed by atoms with E-state index in [9.17, 15) is 0 Å².